The van der Waals surface area contributed by atoms with E-state index in [9.17, 15) is 14.3 Å². The molecule has 0 saturated heterocycles. The molecular formula is C18H24FN3O3. The van der Waals surface area contributed by atoms with E-state index in [0.29, 0.717) is 25.1 Å². The van der Waals surface area contributed by atoms with Gasteiger partial charge in [0.2, 0.25) is 0 Å². The predicted molar refractivity (Wildman–Crippen MR) is 90.3 cm³/mol. The van der Waals surface area contributed by atoms with E-state index in [2.05, 4.69) is 10.3 Å². The highest BCUT2D eigenvalue weighted by atomic mass is 19.1. The van der Waals surface area contributed by atoms with Crippen LogP contribution < -0.4 is 0 Å². The summed E-state index contributed by atoms with van der Waals surface area (Å²) in [6.45, 7) is 5.93. The number of rotatable bonds is 8. The fourth-order valence-electron chi connectivity index (χ4n) is 2.58. The Morgan fingerprint density at radius 3 is 2.88 bits per heavy atom. The van der Waals surface area contributed by atoms with Crippen LogP contribution in [0.1, 0.15) is 32.0 Å². The van der Waals surface area contributed by atoms with Crippen LogP contribution in [0.3, 0.4) is 0 Å². The number of nitrogens with zero attached hydrogens (tertiary/aromatic N) is 3. The molecule has 1 unspecified atom stereocenters. The van der Waals surface area contributed by atoms with Crippen LogP contribution in [-0.4, -0.2) is 38.8 Å². The Morgan fingerprint density at radius 1 is 1.44 bits per heavy atom. The SMILES string of the molecule is CCOC(=O)C(C)(C)Cc1cn(CC(O)Cc2cccc(F)c2)nn1. The first-order valence-corrected chi connectivity index (χ1v) is 8.29. The third-order valence-electron chi connectivity index (χ3n) is 3.80. The molecule has 1 atom stereocenters. The first-order valence-electron chi connectivity index (χ1n) is 8.29. The maximum Gasteiger partial charge on any atom is 0.311 e. The van der Waals surface area contributed by atoms with E-state index < -0.39 is 11.5 Å². The molecule has 0 aliphatic heterocycles. The monoisotopic (exact) mass is 349 g/mol. The van der Waals surface area contributed by atoms with E-state index in [0.717, 1.165) is 5.56 Å². The molecule has 0 bridgehead atoms. The Labute approximate surface area is 146 Å². The number of aliphatic hydroxyl groups excluding tert-OH is 1. The van der Waals surface area contributed by atoms with Gasteiger partial charge >= 0.3 is 5.97 Å². The van der Waals surface area contributed by atoms with Crippen LogP contribution in [0.5, 0.6) is 0 Å². The van der Waals surface area contributed by atoms with Crippen LogP contribution in [0, 0.1) is 11.2 Å². The number of carbonyl (C=O) groups is 1. The number of aliphatic hydroxyl groups is 1. The number of halogens is 1. The minimum Gasteiger partial charge on any atom is -0.466 e. The molecule has 0 spiro atoms. The highest BCUT2D eigenvalue weighted by Gasteiger charge is 2.30. The summed E-state index contributed by atoms with van der Waals surface area (Å²) in [5.41, 5.74) is 0.670. The molecule has 0 saturated carbocycles. The highest BCUT2D eigenvalue weighted by molar-refractivity contribution is 5.76. The molecule has 0 aliphatic carbocycles. The molecular weight excluding hydrogens is 325 g/mol. The molecule has 1 heterocycles. The van der Waals surface area contributed by atoms with Crippen molar-refractivity contribution in [3.05, 3.63) is 47.5 Å². The quantitative estimate of drug-likeness (QED) is 0.739. The molecule has 0 aliphatic rings. The summed E-state index contributed by atoms with van der Waals surface area (Å²) in [5, 5.41) is 18.2. The van der Waals surface area contributed by atoms with E-state index in [-0.39, 0.29) is 18.3 Å². The van der Waals surface area contributed by atoms with Gasteiger partial charge in [-0.2, -0.15) is 0 Å². The summed E-state index contributed by atoms with van der Waals surface area (Å²) >= 11 is 0. The van der Waals surface area contributed by atoms with Gasteiger partial charge in [0.25, 0.3) is 0 Å². The number of esters is 1. The van der Waals surface area contributed by atoms with E-state index in [1.165, 1.54) is 16.8 Å². The zero-order valence-corrected chi connectivity index (χ0v) is 14.8. The van der Waals surface area contributed by atoms with Gasteiger partial charge in [-0.25, -0.2) is 9.07 Å². The van der Waals surface area contributed by atoms with Crippen molar-refractivity contribution >= 4 is 5.97 Å². The van der Waals surface area contributed by atoms with Crippen molar-refractivity contribution in [2.24, 2.45) is 5.41 Å². The summed E-state index contributed by atoms with van der Waals surface area (Å²) in [6.07, 6.45) is 1.71. The smallest absolute Gasteiger partial charge is 0.311 e. The van der Waals surface area contributed by atoms with Crippen molar-refractivity contribution in [2.75, 3.05) is 6.61 Å². The molecule has 1 N–H and O–H groups in total. The number of ether oxygens (including phenoxy) is 1. The van der Waals surface area contributed by atoms with Crippen LogP contribution in [0.15, 0.2) is 30.5 Å². The van der Waals surface area contributed by atoms with Gasteiger partial charge in [-0.15, -0.1) is 5.10 Å². The van der Waals surface area contributed by atoms with Crippen molar-refractivity contribution in [1.82, 2.24) is 15.0 Å². The van der Waals surface area contributed by atoms with Gasteiger partial charge in [0, 0.05) is 19.0 Å². The van der Waals surface area contributed by atoms with Crippen LogP contribution >= 0.6 is 0 Å². The number of hydrogen-bond acceptors (Lipinski definition) is 5. The van der Waals surface area contributed by atoms with Gasteiger partial charge in [0.15, 0.2) is 0 Å². The summed E-state index contributed by atoms with van der Waals surface area (Å²) < 4.78 is 19.8. The third-order valence-corrected chi connectivity index (χ3v) is 3.80. The maximum absolute atomic E-state index is 13.2. The standard InChI is InChI=1S/C18H24FN3O3/c1-4-25-17(24)18(2,3)10-15-11-22(21-20-15)12-16(23)9-13-6-5-7-14(19)8-13/h5-8,11,16,23H,4,9-10,12H2,1-3H3. The molecule has 1 aromatic heterocycles. The zero-order valence-electron chi connectivity index (χ0n) is 14.8. The van der Waals surface area contributed by atoms with Gasteiger partial charge < -0.3 is 9.84 Å². The van der Waals surface area contributed by atoms with Crippen molar-refractivity contribution in [2.45, 2.75) is 46.3 Å². The van der Waals surface area contributed by atoms with Crippen LogP contribution in [0.25, 0.3) is 0 Å². The molecule has 0 amide bonds. The predicted octanol–water partition coefficient (Wildman–Crippen LogP) is 2.15. The lowest BCUT2D eigenvalue weighted by Gasteiger charge is -2.20. The average molecular weight is 349 g/mol. The number of aromatic nitrogens is 3. The fraction of sp³-hybridized carbons (Fsp3) is 0.500. The maximum atomic E-state index is 13.2. The van der Waals surface area contributed by atoms with E-state index in [4.69, 9.17) is 4.74 Å². The van der Waals surface area contributed by atoms with Crippen LogP contribution in [0.4, 0.5) is 4.39 Å². The van der Waals surface area contributed by atoms with Crippen LogP contribution in [0.2, 0.25) is 0 Å². The molecule has 0 fully saturated rings. The molecule has 25 heavy (non-hydrogen) atoms. The lowest BCUT2D eigenvalue weighted by Crippen LogP contribution is -2.29. The van der Waals surface area contributed by atoms with Crippen molar-refractivity contribution in [3.8, 4) is 0 Å². The Balaban J connectivity index is 1.93. The minimum absolute atomic E-state index is 0.239. The molecule has 2 rings (SSSR count). The third kappa shape index (κ3) is 5.63. The molecule has 0 radical (unpaired) electrons. The topological polar surface area (TPSA) is 77.2 Å². The summed E-state index contributed by atoms with van der Waals surface area (Å²) in [7, 11) is 0. The Kier molecular flexibility index (Phi) is 6.25. The van der Waals surface area contributed by atoms with Crippen molar-refractivity contribution < 1.29 is 19.0 Å². The second-order valence-electron chi connectivity index (χ2n) is 6.70. The van der Waals surface area contributed by atoms with Gasteiger partial charge in [-0.1, -0.05) is 17.3 Å². The number of benzene rings is 1. The normalized spacial score (nSPS) is 12.8. The minimum atomic E-state index is -0.714. The lowest BCUT2D eigenvalue weighted by atomic mass is 9.88. The first kappa shape index (κ1) is 19.1. The van der Waals surface area contributed by atoms with E-state index in [1.807, 2.05) is 0 Å². The summed E-state index contributed by atoms with van der Waals surface area (Å²) in [6, 6.07) is 6.14. The van der Waals surface area contributed by atoms with Gasteiger partial charge in [0.1, 0.15) is 5.82 Å². The largest absolute Gasteiger partial charge is 0.466 e. The first-order chi connectivity index (χ1) is 11.8. The van der Waals surface area contributed by atoms with Gasteiger partial charge in [-0.05, 0) is 38.5 Å². The molecule has 6 nitrogen and oxygen atoms in total. The van der Waals surface area contributed by atoms with Crippen molar-refractivity contribution in [1.29, 1.82) is 0 Å². The fourth-order valence-corrected chi connectivity index (χ4v) is 2.58. The molecule has 1 aromatic carbocycles. The van der Waals surface area contributed by atoms with Gasteiger partial charge in [-0.3, -0.25) is 4.79 Å². The Bertz CT molecular complexity index is 715. The lowest BCUT2D eigenvalue weighted by molar-refractivity contribution is -0.153. The number of carbonyl (C=O) groups excluding carboxylic acids is 1. The summed E-state index contributed by atoms with van der Waals surface area (Å²) in [4.78, 5) is 11.9. The second kappa shape index (κ2) is 8.20. The van der Waals surface area contributed by atoms with E-state index >= 15 is 0 Å². The van der Waals surface area contributed by atoms with Gasteiger partial charge in [0.05, 0.1) is 30.4 Å². The van der Waals surface area contributed by atoms with E-state index in [1.54, 1.807) is 39.1 Å². The highest BCUT2D eigenvalue weighted by Crippen LogP contribution is 2.22. The molecule has 2 aromatic rings. The Hall–Kier alpha value is -2.28. The molecule has 7 heteroatoms. The van der Waals surface area contributed by atoms with Crippen LogP contribution in [-0.2, 0) is 28.9 Å². The second-order valence-corrected chi connectivity index (χ2v) is 6.70. The van der Waals surface area contributed by atoms with Crippen molar-refractivity contribution in [3.63, 3.8) is 0 Å². The average Bonchev–Trinajstić information content (AvgIpc) is 2.93. The summed E-state index contributed by atoms with van der Waals surface area (Å²) in [5.74, 6) is -0.607. The number of hydrogen-bond donors (Lipinski definition) is 1. The Morgan fingerprint density at radius 2 is 2.20 bits per heavy atom. The molecule has 136 valence electrons. The zero-order chi connectivity index (χ0) is 18.4.